The van der Waals surface area contributed by atoms with Gasteiger partial charge in [-0.05, 0) is 43.4 Å². The van der Waals surface area contributed by atoms with Crippen molar-refractivity contribution in [2.24, 2.45) is 11.0 Å². The number of hydrazone groups is 1. The fourth-order valence-corrected chi connectivity index (χ4v) is 3.58. The van der Waals surface area contributed by atoms with Gasteiger partial charge in [0.05, 0.1) is 18.2 Å². The molecule has 1 fully saturated rings. The van der Waals surface area contributed by atoms with Crippen LogP contribution >= 0.6 is 0 Å². The van der Waals surface area contributed by atoms with Gasteiger partial charge in [0.1, 0.15) is 0 Å². The Bertz CT molecular complexity index is 587. The van der Waals surface area contributed by atoms with Gasteiger partial charge in [-0.25, -0.2) is 0 Å². The SMILES string of the molecule is O=C1CNN=C2c3ccc(N4CCCCC4)cc3CC12. The van der Waals surface area contributed by atoms with Gasteiger partial charge >= 0.3 is 0 Å². The van der Waals surface area contributed by atoms with Crippen LogP contribution in [0.5, 0.6) is 0 Å². The lowest BCUT2D eigenvalue weighted by molar-refractivity contribution is -0.120. The Hall–Kier alpha value is -1.84. The van der Waals surface area contributed by atoms with Gasteiger partial charge in [-0.3, -0.25) is 4.79 Å². The summed E-state index contributed by atoms with van der Waals surface area (Å²) in [4.78, 5) is 14.4. The van der Waals surface area contributed by atoms with E-state index in [9.17, 15) is 4.79 Å². The van der Waals surface area contributed by atoms with Crippen molar-refractivity contribution in [3.63, 3.8) is 0 Å². The molecule has 0 amide bonds. The van der Waals surface area contributed by atoms with Crippen LogP contribution in [-0.2, 0) is 11.2 Å². The molecule has 0 saturated carbocycles. The number of fused-ring (bicyclic) bond motifs is 3. The van der Waals surface area contributed by atoms with Crippen molar-refractivity contribution in [1.29, 1.82) is 0 Å². The number of rotatable bonds is 1. The van der Waals surface area contributed by atoms with Crippen LogP contribution in [0.2, 0.25) is 0 Å². The van der Waals surface area contributed by atoms with Gasteiger partial charge in [0.15, 0.2) is 5.78 Å². The first-order valence-electron chi connectivity index (χ1n) is 7.54. The molecule has 20 heavy (non-hydrogen) atoms. The van der Waals surface area contributed by atoms with Crippen LogP contribution in [0, 0.1) is 5.92 Å². The van der Waals surface area contributed by atoms with Crippen molar-refractivity contribution in [2.45, 2.75) is 25.7 Å². The molecule has 1 aromatic carbocycles. The van der Waals surface area contributed by atoms with E-state index >= 15 is 0 Å². The molecule has 104 valence electrons. The number of ketones is 1. The second-order valence-electron chi connectivity index (χ2n) is 5.94. The number of nitrogens with one attached hydrogen (secondary N) is 1. The quantitative estimate of drug-likeness (QED) is 0.844. The molecule has 4 nitrogen and oxygen atoms in total. The Labute approximate surface area is 118 Å². The van der Waals surface area contributed by atoms with Crippen molar-refractivity contribution in [2.75, 3.05) is 24.5 Å². The zero-order valence-corrected chi connectivity index (χ0v) is 11.6. The lowest BCUT2D eigenvalue weighted by atomic mass is 9.98. The zero-order valence-electron chi connectivity index (χ0n) is 11.6. The summed E-state index contributed by atoms with van der Waals surface area (Å²) in [5, 5.41) is 4.36. The molecule has 0 radical (unpaired) electrons. The van der Waals surface area contributed by atoms with Crippen LogP contribution in [0.1, 0.15) is 30.4 Å². The molecule has 1 unspecified atom stereocenters. The van der Waals surface area contributed by atoms with E-state index in [0.717, 1.165) is 30.8 Å². The molecule has 2 heterocycles. The van der Waals surface area contributed by atoms with Crippen LogP contribution < -0.4 is 10.3 Å². The van der Waals surface area contributed by atoms with Crippen LogP contribution in [0.3, 0.4) is 0 Å². The Morgan fingerprint density at radius 3 is 2.90 bits per heavy atom. The first kappa shape index (κ1) is 11.9. The minimum atomic E-state index is -0.0112. The fraction of sp³-hybridized carbons (Fsp3) is 0.500. The maximum atomic E-state index is 12.0. The molecule has 0 bridgehead atoms. The van der Waals surface area contributed by atoms with Gasteiger partial charge in [0.25, 0.3) is 0 Å². The number of carbonyl (C=O) groups is 1. The van der Waals surface area contributed by atoms with E-state index in [1.165, 1.54) is 30.5 Å². The van der Waals surface area contributed by atoms with Crippen LogP contribution in [0.15, 0.2) is 23.3 Å². The summed E-state index contributed by atoms with van der Waals surface area (Å²) in [6.45, 7) is 2.69. The van der Waals surface area contributed by atoms with E-state index in [2.05, 4.69) is 33.6 Å². The van der Waals surface area contributed by atoms with Crippen molar-refractivity contribution < 1.29 is 4.79 Å². The minimum Gasteiger partial charge on any atom is -0.372 e. The minimum absolute atomic E-state index is 0.0112. The summed E-state index contributed by atoms with van der Waals surface area (Å²) < 4.78 is 0. The molecule has 0 spiro atoms. The van der Waals surface area contributed by atoms with Gasteiger partial charge in [0.2, 0.25) is 0 Å². The van der Waals surface area contributed by atoms with E-state index in [1.807, 2.05) is 0 Å². The molecule has 4 rings (SSSR count). The number of carbonyl (C=O) groups excluding carboxylic acids is 1. The van der Waals surface area contributed by atoms with E-state index in [4.69, 9.17) is 0 Å². The number of piperidine rings is 1. The molecule has 1 aliphatic carbocycles. The molecule has 1 N–H and O–H groups in total. The van der Waals surface area contributed by atoms with Crippen LogP contribution in [0.25, 0.3) is 0 Å². The smallest absolute Gasteiger partial charge is 0.163 e. The summed E-state index contributed by atoms with van der Waals surface area (Å²) in [6.07, 6.45) is 4.75. The predicted octanol–water partition coefficient (Wildman–Crippen LogP) is 1.73. The third-order valence-electron chi connectivity index (χ3n) is 4.68. The largest absolute Gasteiger partial charge is 0.372 e. The first-order valence-corrected chi connectivity index (χ1v) is 7.54. The lowest BCUT2D eigenvalue weighted by Gasteiger charge is -2.29. The van der Waals surface area contributed by atoms with Crippen LogP contribution in [-0.4, -0.2) is 31.1 Å². The lowest BCUT2D eigenvalue weighted by Crippen LogP contribution is -2.35. The van der Waals surface area contributed by atoms with Gasteiger partial charge in [-0.1, -0.05) is 6.07 Å². The van der Waals surface area contributed by atoms with Crippen molar-refractivity contribution in [1.82, 2.24) is 5.43 Å². The predicted molar refractivity (Wildman–Crippen MR) is 79.2 cm³/mol. The zero-order chi connectivity index (χ0) is 13.5. The normalized spacial score (nSPS) is 24.8. The highest BCUT2D eigenvalue weighted by Gasteiger charge is 2.36. The van der Waals surface area contributed by atoms with E-state index in [1.54, 1.807) is 0 Å². The summed E-state index contributed by atoms with van der Waals surface area (Å²) in [5.74, 6) is 0.258. The summed E-state index contributed by atoms with van der Waals surface area (Å²) >= 11 is 0. The maximum absolute atomic E-state index is 12.0. The number of nitrogens with zero attached hydrogens (tertiary/aromatic N) is 2. The Balaban J connectivity index is 1.67. The molecular weight excluding hydrogens is 250 g/mol. The third-order valence-corrected chi connectivity index (χ3v) is 4.68. The Morgan fingerprint density at radius 2 is 2.05 bits per heavy atom. The van der Waals surface area contributed by atoms with Gasteiger partial charge < -0.3 is 10.3 Å². The number of benzene rings is 1. The van der Waals surface area contributed by atoms with Gasteiger partial charge in [-0.2, -0.15) is 5.10 Å². The summed E-state index contributed by atoms with van der Waals surface area (Å²) in [5.41, 5.74) is 7.56. The number of Topliss-reactive ketones (excluding diaryl/α,β-unsaturated/α-hetero) is 1. The highest BCUT2D eigenvalue weighted by molar-refractivity contribution is 6.18. The van der Waals surface area contributed by atoms with E-state index < -0.39 is 0 Å². The monoisotopic (exact) mass is 269 g/mol. The summed E-state index contributed by atoms with van der Waals surface area (Å²) in [7, 11) is 0. The molecule has 4 heteroatoms. The van der Waals surface area contributed by atoms with Gasteiger partial charge in [0, 0.05) is 24.3 Å². The molecule has 1 saturated heterocycles. The maximum Gasteiger partial charge on any atom is 0.163 e. The molecule has 2 aliphatic heterocycles. The number of hydrogen-bond acceptors (Lipinski definition) is 4. The van der Waals surface area contributed by atoms with E-state index in [0.29, 0.717) is 6.54 Å². The second-order valence-corrected chi connectivity index (χ2v) is 5.94. The second kappa shape index (κ2) is 4.62. The number of hydrogen-bond donors (Lipinski definition) is 1. The summed E-state index contributed by atoms with van der Waals surface area (Å²) in [6, 6.07) is 6.61. The average molecular weight is 269 g/mol. The van der Waals surface area contributed by atoms with E-state index in [-0.39, 0.29) is 11.7 Å². The van der Waals surface area contributed by atoms with Crippen molar-refractivity contribution >= 4 is 17.2 Å². The molecule has 1 aromatic rings. The first-order chi connectivity index (χ1) is 9.83. The standard InChI is InChI=1S/C16H19N3O/c20-15-10-17-18-16-13-5-4-12(8-11(13)9-14(15)16)19-6-2-1-3-7-19/h4-5,8,14,17H,1-3,6-7,9-10H2. The average Bonchev–Trinajstić information content (AvgIpc) is 2.87. The van der Waals surface area contributed by atoms with Crippen molar-refractivity contribution in [3.05, 3.63) is 29.3 Å². The molecule has 0 aromatic heterocycles. The van der Waals surface area contributed by atoms with Gasteiger partial charge in [-0.15, -0.1) is 0 Å². The molecular formula is C16H19N3O. The fourth-order valence-electron chi connectivity index (χ4n) is 3.58. The molecule has 3 aliphatic rings. The Morgan fingerprint density at radius 1 is 1.20 bits per heavy atom. The highest BCUT2D eigenvalue weighted by atomic mass is 16.1. The van der Waals surface area contributed by atoms with Crippen LogP contribution in [0.4, 0.5) is 5.69 Å². The topological polar surface area (TPSA) is 44.7 Å². The third kappa shape index (κ3) is 1.82. The Kier molecular flexibility index (Phi) is 2.76. The molecule has 1 atom stereocenters. The van der Waals surface area contributed by atoms with Crippen molar-refractivity contribution in [3.8, 4) is 0 Å². The highest BCUT2D eigenvalue weighted by Crippen LogP contribution is 2.33. The number of anilines is 1.